The minimum Gasteiger partial charge on any atom is -0.496 e. The van der Waals surface area contributed by atoms with Crippen molar-refractivity contribution < 1.29 is 14.8 Å². The predicted molar refractivity (Wildman–Crippen MR) is 58.3 cm³/mol. The molecule has 0 saturated carbocycles. The van der Waals surface area contributed by atoms with Crippen LogP contribution in [0.25, 0.3) is 0 Å². The van der Waals surface area contributed by atoms with Crippen LogP contribution in [0.2, 0.25) is 0 Å². The van der Waals surface area contributed by atoms with Gasteiger partial charge < -0.3 is 15.6 Å². The first-order valence-electron chi connectivity index (χ1n) is 4.80. The van der Waals surface area contributed by atoms with E-state index in [1.807, 2.05) is 0 Å². The number of aliphatic hydroxyl groups excluding tert-OH is 1. The van der Waals surface area contributed by atoms with Crippen molar-refractivity contribution >= 4 is 5.69 Å². The summed E-state index contributed by atoms with van der Waals surface area (Å²) in [5.74, 6) is 0.423. The fourth-order valence-corrected chi connectivity index (χ4v) is 1.41. The van der Waals surface area contributed by atoms with Crippen LogP contribution in [0.5, 0.6) is 5.75 Å². The molecular formula is C10H14N2O4. The number of nitro benzene ring substituents is 1. The van der Waals surface area contributed by atoms with Crippen molar-refractivity contribution in [3.05, 3.63) is 33.9 Å². The number of rotatable bonds is 5. The molecule has 0 fully saturated rings. The molecule has 0 aliphatic rings. The molecule has 0 spiro atoms. The smallest absolute Gasteiger partial charge is 0.270 e. The van der Waals surface area contributed by atoms with Crippen LogP contribution in [-0.2, 0) is 0 Å². The highest BCUT2D eigenvalue weighted by atomic mass is 16.6. The van der Waals surface area contributed by atoms with Crippen LogP contribution in [0, 0.1) is 10.1 Å². The fourth-order valence-electron chi connectivity index (χ4n) is 1.41. The zero-order valence-electron chi connectivity index (χ0n) is 8.92. The number of methoxy groups -OCH3 is 1. The largest absolute Gasteiger partial charge is 0.496 e. The molecule has 3 N–H and O–H groups in total. The van der Waals surface area contributed by atoms with Crippen LogP contribution in [0.15, 0.2) is 18.2 Å². The van der Waals surface area contributed by atoms with Gasteiger partial charge in [-0.15, -0.1) is 0 Å². The van der Waals surface area contributed by atoms with Crippen molar-refractivity contribution in [3.8, 4) is 5.75 Å². The Hall–Kier alpha value is -1.66. The van der Waals surface area contributed by atoms with E-state index in [0.29, 0.717) is 24.3 Å². The summed E-state index contributed by atoms with van der Waals surface area (Å²) >= 11 is 0. The minimum atomic E-state index is -0.847. The molecule has 1 aromatic carbocycles. The molecule has 0 radical (unpaired) electrons. The van der Waals surface area contributed by atoms with Crippen molar-refractivity contribution in [2.24, 2.45) is 5.73 Å². The lowest BCUT2D eigenvalue weighted by molar-refractivity contribution is -0.385. The second-order valence-corrected chi connectivity index (χ2v) is 3.28. The van der Waals surface area contributed by atoms with E-state index >= 15 is 0 Å². The Morgan fingerprint density at radius 1 is 1.62 bits per heavy atom. The molecule has 0 unspecified atom stereocenters. The summed E-state index contributed by atoms with van der Waals surface area (Å²) in [6, 6.07) is 4.10. The van der Waals surface area contributed by atoms with Gasteiger partial charge in [0.25, 0.3) is 5.69 Å². The van der Waals surface area contributed by atoms with E-state index in [4.69, 9.17) is 10.5 Å². The molecule has 0 saturated heterocycles. The number of ether oxygens (including phenoxy) is 1. The zero-order chi connectivity index (χ0) is 12.1. The average molecular weight is 226 g/mol. The average Bonchev–Trinajstić information content (AvgIpc) is 2.28. The van der Waals surface area contributed by atoms with Crippen molar-refractivity contribution in [2.45, 2.75) is 12.5 Å². The van der Waals surface area contributed by atoms with Crippen molar-refractivity contribution in [1.29, 1.82) is 0 Å². The van der Waals surface area contributed by atoms with E-state index in [9.17, 15) is 15.2 Å². The molecule has 88 valence electrons. The molecule has 0 aromatic heterocycles. The highest BCUT2D eigenvalue weighted by Crippen LogP contribution is 2.30. The molecule has 0 heterocycles. The van der Waals surface area contributed by atoms with Crippen LogP contribution in [-0.4, -0.2) is 23.7 Å². The van der Waals surface area contributed by atoms with Gasteiger partial charge in [-0.2, -0.15) is 0 Å². The second kappa shape index (κ2) is 5.43. The first-order valence-corrected chi connectivity index (χ1v) is 4.80. The van der Waals surface area contributed by atoms with Crippen LogP contribution < -0.4 is 10.5 Å². The van der Waals surface area contributed by atoms with Crippen LogP contribution in [0.3, 0.4) is 0 Å². The topological polar surface area (TPSA) is 98.6 Å². The maximum Gasteiger partial charge on any atom is 0.270 e. The molecule has 6 nitrogen and oxygen atoms in total. The Labute approximate surface area is 92.8 Å². The van der Waals surface area contributed by atoms with Gasteiger partial charge in [0.2, 0.25) is 0 Å². The SMILES string of the molecule is COc1ccc([N+](=O)[O-])cc1[C@@H](O)CCN. The van der Waals surface area contributed by atoms with Gasteiger partial charge in [-0.3, -0.25) is 10.1 Å². The Morgan fingerprint density at radius 3 is 2.81 bits per heavy atom. The van der Waals surface area contributed by atoms with Gasteiger partial charge in [-0.05, 0) is 19.0 Å². The summed E-state index contributed by atoms with van der Waals surface area (Å²) in [5, 5.41) is 20.3. The summed E-state index contributed by atoms with van der Waals surface area (Å²) in [7, 11) is 1.44. The van der Waals surface area contributed by atoms with Gasteiger partial charge in [-0.25, -0.2) is 0 Å². The molecule has 1 rings (SSSR count). The van der Waals surface area contributed by atoms with Crippen molar-refractivity contribution in [2.75, 3.05) is 13.7 Å². The predicted octanol–water partition coefficient (Wildman–Crippen LogP) is 0.986. The molecule has 1 aromatic rings. The van der Waals surface area contributed by atoms with Gasteiger partial charge in [0.1, 0.15) is 5.75 Å². The number of hydrogen-bond donors (Lipinski definition) is 2. The first-order chi connectivity index (χ1) is 7.60. The zero-order valence-corrected chi connectivity index (χ0v) is 8.92. The van der Waals surface area contributed by atoms with E-state index in [2.05, 4.69) is 0 Å². The summed E-state index contributed by atoms with van der Waals surface area (Å²) in [6.07, 6.45) is -0.516. The molecule has 0 bridgehead atoms. The second-order valence-electron chi connectivity index (χ2n) is 3.28. The molecule has 1 atom stereocenters. The van der Waals surface area contributed by atoms with Gasteiger partial charge in [0, 0.05) is 17.7 Å². The van der Waals surface area contributed by atoms with Gasteiger partial charge >= 0.3 is 0 Å². The van der Waals surface area contributed by atoms with Crippen LogP contribution >= 0.6 is 0 Å². The lowest BCUT2D eigenvalue weighted by atomic mass is 10.0. The monoisotopic (exact) mass is 226 g/mol. The third-order valence-electron chi connectivity index (χ3n) is 2.22. The number of nitro groups is 1. The molecule has 0 aliphatic heterocycles. The highest BCUT2D eigenvalue weighted by molar-refractivity contribution is 5.44. The van der Waals surface area contributed by atoms with Gasteiger partial charge in [0.15, 0.2) is 0 Å². The number of benzene rings is 1. The summed E-state index contributed by atoms with van der Waals surface area (Å²) in [4.78, 5) is 10.1. The summed E-state index contributed by atoms with van der Waals surface area (Å²) in [6.45, 7) is 0.299. The van der Waals surface area contributed by atoms with Gasteiger partial charge in [-0.1, -0.05) is 0 Å². The number of aliphatic hydroxyl groups is 1. The standard InChI is InChI=1S/C10H14N2O4/c1-16-10-3-2-7(12(14)15)6-8(10)9(13)4-5-11/h2-3,6,9,13H,4-5,11H2,1H3/t9-/m0/s1. The minimum absolute atomic E-state index is 0.0770. The van der Waals surface area contributed by atoms with Gasteiger partial charge in [0.05, 0.1) is 18.1 Å². The highest BCUT2D eigenvalue weighted by Gasteiger charge is 2.17. The number of non-ortho nitro benzene ring substituents is 1. The first kappa shape index (κ1) is 12.4. The Balaban J connectivity index is 3.11. The third kappa shape index (κ3) is 2.68. The molecule has 0 amide bonds. The molecule has 0 aliphatic carbocycles. The van der Waals surface area contributed by atoms with E-state index < -0.39 is 11.0 Å². The Bertz CT molecular complexity index is 381. The van der Waals surface area contributed by atoms with Crippen LogP contribution in [0.1, 0.15) is 18.1 Å². The normalized spacial score (nSPS) is 12.2. The van der Waals surface area contributed by atoms with E-state index in [-0.39, 0.29) is 5.69 Å². The summed E-state index contributed by atoms with van der Waals surface area (Å²) < 4.78 is 5.02. The number of hydrogen-bond acceptors (Lipinski definition) is 5. The lowest BCUT2D eigenvalue weighted by Crippen LogP contribution is -2.08. The third-order valence-corrected chi connectivity index (χ3v) is 2.22. The van der Waals surface area contributed by atoms with Crippen molar-refractivity contribution in [3.63, 3.8) is 0 Å². The summed E-state index contributed by atoms with van der Waals surface area (Å²) in [5.41, 5.74) is 5.64. The van der Waals surface area contributed by atoms with Crippen molar-refractivity contribution in [1.82, 2.24) is 0 Å². The van der Waals surface area contributed by atoms with E-state index in [1.165, 1.54) is 25.3 Å². The maximum atomic E-state index is 10.6. The lowest BCUT2D eigenvalue weighted by Gasteiger charge is -2.13. The molecule has 6 heteroatoms. The molecular weight excluding hydrogens is 212 g/mol. The fraction of sp³-hybridized carbons (Fsp3) is 0.400. The Kier molecular flexibility index (Phi) is 4.21. The number of nitrogens with two attached hydrogens (primary N) is 1. The van der Waals surface area contributed by atoms with E-state index in [0.717, 1.165) is 0 Å². The quantitative estimate of drug-likeness (QED) is 0.576. The van der Waals surface area contributed by atoms with Crippen LogP contribution in [0.4, 0.5) is 5.69 Å². The van der Waals surface area contributed by atoms with E-state index in [1.54, 1.807) is 0 Å². The maximum absolute atomic E-state index is 10.6. The number of nitrogens with zero attached hydrogens (tertiary/aromatic N) is 1. The molecule has 16 heavy (non-hydrogen) atoms. The Morgan fingerprint density at radius 2 is 2.31 bits per heavy atom.